The standard InChI is InChI=1S/C18H17F2N3O2S/c1-2-10-26(24,25)23-16-8-6-14(19)18(17(16)20)22-13-5-7-15-12(11-13)4-3-9-21-15/h3-9,11,22-23H,2,10H2,1H3. The van der Waals surface area contributed by atoms with E-state index in [1.165, 1.54) is 0 Å². The molecule has 0 spiro atoms. The summed E-state index contributed by atoms with van der Waals surface area (Å²) >= 11 is 0. The highest BCUT2D eigenvalue weighted by Gasteiger charge is 2.18. The largest absolute Gasteiger partial charge is 0.351 e. The zero-order valence-electron chi connectivity index (χ0n) is 14.0. The summed E-state index contributed by atoms with van der Waals surface area (Å²) in [6.45, 7) is 1.70. The second-order valence-corrected chi connectivity index (χ2v) is 7.58. The van der Waals surface area contributed by atoms with Gasteiger partial charge in [-0.25, -0.2) is 17.2 Å². The molecule has 2 aromatic carbocycles. The van der Waals surface area contributed by atoms with E-state index in [4.69, 9.17) is 0 Å². The second kappa shape index (κ2) is 7.25. The summed E-state index contributed by atoms with van der Waals surface area (Å²) in [5, 5.41) is 3.48. The Morgan fingerprint density at radius 3 is 2.69 bits per heavy atom. The molecule has 1 heterocycles. The fourth-order valence-electron chi connectivity index (χ4n) is 2.53. The van der Waals surface area contributed by atoms with Crippen molar-refractivity contribution in [3.8, 4) is 0 Å². The van der Waals surface area contributed by atoms with Gasteiger partial charge in [-0.3, -0.25) is 9.71 Å². The molecule has 0 bridgehead atoms. The molecule has 3 aromatic rings. The Morgan fingerprint density at radius 1 is 1.12 bits per heavy atom. The second-order valence-electron chi connectivity index (χ2n) is 5.74. The third kappa shape index (κ3) is 3.91. The zero-order chi connectivity index (χ0) is 18.7. The molecule has 0 aliphatic heterocycles. The van der Waals surface area contributed by atoms with E-state index in [0.717, 1.165) is 23.0 Å². The van der Waals surface area contributed by atoms with Crippen LogP contribution in [0, 0.1) is 11.6 Å². The molecule has 136 valence electrons. The van der Waals surface area contributed by atoms with Crippen LogP contribution in [0.4, 0.5) is 25.8 Å². The molecule has 2 N–H and O–H groups in total. The molecule has 0 saturated heterocycles. The van der Waals surface area contributed by atoms with E-state index in [1.54, 1.807) is 37.4 Å². The Labute approximate surface area is 150 Å². The molecule has 0 fully saturated rings. The minimum absolute atomic E-state index is 0.149. The number of hydrogen-bond donors (Lipinski definition) is 2. The molecule has 0 radical (unpaired) electrons. The fraction of sp³-hybridized carbons (Fsp3) is 0.167. The number of hydrogen-bond acceptors (Lipinski definition) is 4. The summed E-state index contributed by atoms with van der Waals surface area (Å²) in [6.07, 6.45) is 2.04. The number of sulfonamides is 1. The number of fused-ring (bicyclic) bond motifs is 1. The number of halogens is 2. The van der Waals surface area contributed by atoms with Crippen LogP contribution in [-0.4, -0.2) is 19.2 Å². The van der Waals surface area contributed by atoms with Crippen molar-refractivity contribution in [1.82, 2.24) is 4.98 Å². The van der Waals surface area contributed by atoms with Crippen molar-refractivity contribution in [1.29, 1.82) is 0 Å². The molecule has 0 saturated carbocycles. The van der Waals surface area contributed by atoms with E-state index in [0.29, 0.717) is 12.1 Å². The Morgan fingerprint density at radius 2 is 1.92 bits per heavy atom. The normalized spacial score (nSPS) is 11.5. The first-order valence-electron chi connectivity index (χ1n) is 8.00. The zero-order valence-corrected chi connectivity index (χ0v) is 14.8. The van der Waals surface area contributed by atoms with Gasteiger partial charge in [-0.15, -0.1) is 0 Å². The third-order valence-corrected chi connectivity index (χ3v) is 5.18. The van der Waals surface area contributed by atoms with Gasteiger partial charge in [0.1, 0.15) is 11.5 Å². The van der Waals surface area contributed by atoms with Crippen molar-refractivity contribution in [2.45, 2.75) is 13.3 Å². The Balaban J connectivity index is 1.95. The molecule has 8 heteroatoms. The molecule has 1 aromatic heterocycles. The van der Waals surface area contributed by atoms with Crippen LogP contribution in [0.2, 0.25) is 0 Å². The summed E-state index contributed by atoms with van der Waals surface area (Å²) in [5.74, 6) is -1.98. The van der Waals surface area contributed by atoms with Gasteiger partial charge >= 0.3 is 0 Å². The van der Waals surface area contributed by atoms with E-state index >= 15 is 0 Å². The summed E-state index contributed by atoms with van der Waals surface area (Å²) < 4.78 is 54.6. The number of pyridine rings is 1. The highest BCUT2D eigenvalue weighted by atomic mass is 32.2. The van der Waals surface area contributed by atoms with Gasteiger partial charge in [-0.2, -0.15) is 0 Å². The average molecular weight is 377 g/mol. The first-order valence-corrected chi connectivity index (χ1v) is 9.65. The maximum absolute atomic E-state index is 14.7. The van der Waals surface area contributed by atoms with Crippen LogP contribution in [0.25, 0.3) is 10.9 Å². The van der Waals surface area contributed by atoms with Gasteiger partial charge in [0, 0.05) is 17.3 Å². The van der Waals surface area contributed by atoms with Crippen LogP contribution < -0.4 is 10.0 Å². The number of rotatable bonds is 6. The van der Waals surface area contributed by atoms with Crippen LogP contribution in [0.3, 0.4) is 0 Å². The van der Waals surface area contributed by atoms with E-state index in [-0.39, 0.29) is 11.4 Å². The first kappa shape index (κ1) is 18.1. The maximum Gasteiger partial charge on any atom is 0.232 e. The third-order valence-electron chi connectivity index (χ3n) is 3.70. The average Bonchev–Trinajstić information content (AvgIpc) is 2.61. The maximum atomic E-state index is 14.7. The lowest BCUT2D eigenvalue weighted by Crippen LogP contribution is -2.17. The SMILES string of the molecule is CCCS(=O)(=O)Nc1ccc(F)c(Nc2ccc3ncccc3c2)c1F. The molecule has 26 heavy (non-hydrogen) atoms. The van der Waals surface area contributed by atoms with Crippen molar-refractivity contribution in [3.05, 3.63) is 60.3 Å². The van der Waals surface area contributed by atoms with Crippen LogP contribution in [0.15, 0.2) is 48.7 Å². The highest BCUT2D eigenvalue weighted by molar-refractivity contribution is 7.92. The lowest BCUT2D eigenvalue weighted by molar-refractivity contribution is 0.588. The number of nitrogens with zero attached hydrogens (tertiary/aromatic N) is 1. The molecular formula is C18H17F2N3O2S. The first-order chi connectivity index (χ1) is 12.4. The van der Waals surface area contributed by atoms with Crippen LogP contribution in [0.1, 0.15) is 13.3 Å². The van der Waals surface area contributed by atoms with Crippen LogP contribution in [0.5, 0.6) is 0 Å². The molecule has 0 aliphatic carbocycles. The van der Waals surface area contributed by atoms with Crippen molar-refractivity contribution in [3.63, 3.8) is 0 Å². The Kier molecular flexibility index (Phi) is 5.03. The minimum atomic E-state index is -3.69. The van der Waals surface area contributed by atoms with Crippen molar-refractivity contribution in [2.24, 2.45) is 0 Å². The molecule has 0 aliphatic rings. The molecule has 3 rings (SSSR count). The molecule has 0 amide bonds. The number of nitrogens with one attached hydrogen (secondary N) is 2. The molecule has 5 nitrogen and oxygen atoms in total. The molecule has 0 atom stereocenters. The van der Waals surface area contributed by atoms with Gasteiger partial charge in [0.05, 0.1) is 17.0 Å². The van der Waals surface area contributed by atoms with Gasteiger partial charge in [0.2, 0.25) is 10.0 Å². The summed E-state index contributed by atoms with van der Waals surface area (Å²) in [5.41, 5.74) is 0.478. The monoisotopic (exact) mass is 377 g/mol. The van der Waals surface area contributed by atoms with E-state index in [9.17, 15) is 17.2 Å². The van der Waals surface area contributed by atoms with Crippen LogP contribution >= 0.6 is 0 Å². The van der Waals surface area contributed by atoms with E-state index < -0.39 is 27.3 Å². The number of anilines is 3. The lowest BCUT2D eigenvalue weighted by Gasteiger charge is -2.14. The summed E-state index contributed by atoms with van der Waals surface area (Å²) in [7, 11) is -3.69. The van der Waals surface area contributed by atoms with Gasteiger partial charge in [-0.1, -0.05) is 13.0 Å². The van der Waals surface area contributed by atoms with Crippen molar-refractivity contribution < 1.29 is 17.2 Å². The highest BCUT2D eigenvalue weighted by Crippen LogP contribution is 2.30. The quantitative estimate of drug-likeness (QED) is 0.668. The van der Waals surface area contributed by atoms with Gasteiger partial charge in [0.25, 0.3) is 0 Å². The minimum Gasteiger partial charge on any atom is -0.351 e. The lowest BCUT2D eigenvalue weighted by atomic mass is 10.2. The number of benzene rings is 2. The predicted octanol–water partition coefficient (Wildman–Crippen LogP) is 4.41. The molecule has 0 unspecified atom stereocenters. The number of aromatic nitrogens is 1. The van der Waals surface area contributed by atoms with E-state index in [2.05, 4.69) is 15.0 Å². The fourth-order valence-corrected chi connectivity index (χ4v) is 3.66. The smallest absolute Gasteiger partial charge is 0.232 e. The predicted molar refractivity (Wildman–Crippen MR) is 99.1 cm³/mol. The van der Waals surface area contributed by atoms with Gasteiger partial charge in [0.15, 0.2) is 5.82 Å². The summed E-state index contributed by atoms with van der Waals surface area (Å²) in [4.78, 5) is 4.18. The van der Waals surface area contributed by atoms with Crippen LogP contribution in [-0.2, 0) is 10.0 Å². The van der Waals surface area contributed by atoms with Crippen molar-refractivity contribution in [2.75, 3.05) is 15.8 Å². The van der Waals surface area contributed by atoms with Gasteiger partial charge in [-0.05, 0) is 42.8 Å². The van der Waals surface area contributed by atoms with Crippen molar-refractivity contribution >= 4 is 38.0 Å². The molecular weight excluding hydrogens is 360 g/mol. The Hall–Kier alpha value is -2.74. The van der Waals surface area contributed by atoms with Gasteiger partial charge < -0.3 is 5.32 Å². The van der Waals surface area contributed by atoms with E-state index in [1.807, 2.05) is 6.07 Å². The summed E-state index contributed by atoms with van der Waals surface area (Å²) in [6, 6.07) is 10.7. The topological polar surface area (TPSA) is 71.1 Å². The Bertz CT molecular complexity index is 1060.